The minimum atomic E-state index is -0.139. The van der Waals surface area contributed by atoms with Gasteiger partial charge in [-0.2, -0.15) is 0 Å². The molecular weight excluding hydrogens is 779 g/mol. The second kappa shape index (κ2) is 13.8. The van der Waals surface area contributed by atoms with E-state index in [0.717, 1.165) is 28.8 Å². The highest BCUT2D eigenvalue weighted by atomic mass is 15.0. The summed E-state index contributed by atoms with van der Waals surface area (Å²) in [5.74, 6) is 2.42. The maximum atomic E-state index is 5.07. The molecule has 1 unspecified atom stereocenters. The van der Waals surface area contributed by atoms with E-state index in [1.165, 1.54) is 82.7 Å². The van der Waals surface area contributed by atoms with Crippen molar-refractivity contribution >= 4 is 49.6 Å². The van der Waals surface area contributed by atoms with Crippen LogP contribution in [0.2, 0.25) is 0 Å². The highest BCUT2D eigenvalue weighted by molar-refractivity contribution is 6.24. The smallest absolute Gasteiger partial charge is 0.164 e. The molecule has 0 amide bonds. The molecular formula is C59H43N5. The number of allylic oxidation sites excluding steroid dienone is 1. The zero-order valence-corrected chi connectivity index (χ0v) is 35.9. The largest absolute Gasteiger partial charge is 0.309 e. The lowest BCUT2D eigenvalue weighted by Crippen LogP contribution is -2.14. The van der Waals surface area contributed by atoms with Gasteiger partial charge < -0.3 is 9.13 Å². The molecule has 64 heavy (non-hydrogen) atoms. The molecule has 0 saturated heterocycles. The molecule has 0 radical (unpaired) electrons. The van der Waals surface area contributed by atoms with Gasteiger partial charge in [0, 0.05) is 55.0 Å². The van der Waals surface area contributed by atoms with Crippen LogP contribution in [0.5, 0.6) is 0 Å². The summed E-state index contributed by atoms with van der Waals surface area (Å²) in [5, 5.41) is 6.33. The first-order valence-corrected chi connectivity index (χ1v) is 22.3. The first-order chi connectivity index (χ1) is 31.4. The molecule has 0 spiro atoms. The van der Waals surface area contributed by atoms with Crippen molar-refractivity contribution in [3.8, 4) is 56.7 Å². The van der Waals surface area contributed by atoms with Gasteiger partial charge in [0.25, 0.3) is 0 Å². The molecule has 3 heterocycles. The van der Waals surface area contributed by atoms with Crippen LogP contribution < -0.4 is 0 Å². The van der Waals surface area contributed by atoms with E-state index in [1.807, 2.05) is 36.4 Å². The van der Waals surface area contributed by atoms with Crippen LogP contribution in [0.15, 0.2) is 182 Å². The van der Waals surface area contributed by atoms with E-state index in [4.69, 9.17) is 15.0 Å². The molecule has 0 saturated carbocycles. The quantitative estimate of drug-likeness (QED) is 0.174. The lowest BCUT2D eigenvalue weighted by molar-refractivity contribution is 0.661. The van der Waals surface area contributed by atoms with Gasteiger partial charge >= 0.3 is 0 Å². The van der Waals surface area contributed by atoms with Gasteiger partial charge in [0.1, 0.15) is 0 Å². The van der Waals surface area contributed by atoms with E-state index >= 15 is 0 Å². The first kappa shape index (κ1) is 36.7. The Morgan fingerprint density at radius 2 is 1.08 bits per heavy atom. The second-order valence-electron chi connectivity index (χ2n) is 18.1. The van der Waals surface area contributed by atoms with Crippen molar-refractivity contribution in [2.45, 2.75) is 32.6 Å². The van der Waals surface area contributed by atoms with Crippen molar-refractivity contribution in [2.75, 3.05) is 0 Å². The minimum absolute atomic E-state index is 0.139. The Balaban J connectivity index is 1.08. The lowest BCUT2D eigenvalue weighted by atomic mass is 9.82. The van der Waals surface area contributed by atoms with Crippen molar-refractivity contribution in [3.05, 3.63) is 204 Å². The first-order valence-electron chi connectivity index (χ1n) is 22.3. The van der Waals surface area contributed by atoms with Gasteiger partial charge in [-0.05, 0) is 100 Å². The van der Waals surface area contributed by atoms with Crippen LogP contribution in [0.25, 0.3) is 106 Å². The topological polar surface area (TPSA) is 48.5 Å². The Kier molecular flexibility index (Phi) is 7.92. The third-order valence-corrected chi connectivity index (χ3v) is 13.9. The number of hydrogen-bond acceptors (Lipinski definition) is 3. The van der Waals surface area contributed by atoms with Gasteiger partial charge in [0.05, 0.1) is 22.2 Å². The third kappa shape index (κ3) is 5.40. The number of hydrogen-bond donors (Lipinski definition) is 0. The molecule has 11 aromatic rings. The highest BCUT2D eigenvalue weighted by Gasteiger charge is 2.36. The predicted molar refractivity (Wildman–Crippen MR) is 264 cm³/mol. The summed E-state index contributed by atoms with van der Waals surface area (Å²) in [6, 6.07) is 63.5. The van der Waals surface area contributed by atoms with Gasteiger partial charge in [0.15, 0.2) is 17.5 Å². The molecule has 0 fully saturated rings. The SMILES string of the molecule is CC1C=Cc2c(c3ccccc3n2-c2cc3c(c4ccccc24)c2cc4c(cc2n3-c2ccc(-c3nc(-c5ccccc5)nc(-c5ccccc5)n3)cc2)-c2ccccc2C4(C)C)C1. The second-order valence-corrected chi connectivity index (χ2v) is 18.1. The number of nitrogens with zero attached hydrogens (tertiary/aromatic N) is 5. The maximum absolute atomic E-state index is 5.07. The minimum Gasteiger partial charge on any atom is -0.309 e. The number of aromatic nitrogens is 5. The summed E-state index contributed by atoms with van der Waals surface area (Å²) in [4.78, 5) is 15.1. The van der Waals surface area contributed by atoms with Gasteiger partial charge in [0.2, 0.25) is 0 Å². The zero-order valence-electron chi connectivity index (χ0n) is 35.9. The summed E-state index contributed by atoms with van der Waals surface area (Å²) in [7, 11) is 0. The van der Waals surface area contributed by atoms with Crippen molar-refractivity contribution < 1.29 is 0 Å². The van der Waals surface area contributed by atoms with E-state index in [0.29, 0.717) is 23.4 Å². The molecule has 3 aromatic heterocycles. The van der Waals surface area contributed by atoms with E-state index in [9.17, 15) is 0 Å². The van der Waals surface area contributed by atoms with Crippen LogP contribution in [-0.2, 0) is 11.8 Å². The molecule has 2 aliphatic carbocycles. The van der Waals surface area contributed by atoms with Crippen LogP contribution in [0.3, 0.4) is 0 Å². The van der Waals surface area contributed by atoms with E-state index in [1.54, 1.807) is 0 Å². The molecule has 0 bridgehead atoms. The van der Waals surface area contributed by atoms with Crippen LogP contribution in [0.1, 0.15) is 43.2 Å². The molecule has 5 nitrogen and oxygen atoms in total. The Morgan fingerprint density at radius 1 is 0.484 bits per heavy atom. The molecule has 2 aliphatic rings. The number of para-hydroxylation sites is 1. The fourth-order valence-electron chi connectivity index (χ4n) is 10.8. The summed E-state index contributed by atoms with van der Waals surface area (Å²) in [6.07, 6.45) is 5.75. The summed E-state index contributed by atoms with van der Waals surface area (Å²) in [6.45, 7) is 7.07. The fourth-order valence-corrected chi connectivity index (χ4v) is 10.8. The van der Waals surface area contributed by atoms with Crippen LogP contribution in [0, 0.1) is 5.92 Å². The third-order valence-electron chi connectivity index (χ3n) is 13.9. The highest BCUT2D eigenvalue weighted by Crippen LogP contribution is 2.52. The molecule has 0 aliphatic heterocycles. The number of fused-ring (bicyclic) bond motifs is 11. The maximum Gasteiger partial charge on any atom is 0.164 e. The summed E-state index contributed by atoms with van der Waals surface area (Å²) < 4.78 is 5.02. The van der Waals surface area contributed by atoms with Crippen LogP contribution in [0.4, 0.5) is 0 Å². The van der Waals surface area contributed by atoms with Gasteiger partial charge in [-0.25, -0.2) is 15.0 Å². The van der Waals surface area contributed by atoms with Gasteiger partial charge in [-0.15, -0.1) is 0 Å². The van der Waals surface area contributed by atoms with Crippen molar-refractivity contribution in [2.24, 2.45) is 5.92 Å². The lowest BCUT2D eigenvalue weighted by Gasteiger charge is -2.21. The monoisotopic (exact) mass is 821 g/mol. The Morgan fingerprint density at radius 3 is 1.78 bits per heavy atom. The zero-order chi connectivity index (χ0) is 42.7. The average Bonchev–Trinajstić information content (AvgIpc) is 3.93. The molecule has 13 rings (SSSR count). The van der Waals surface area contributed by atoms with Crippen molar-refractivity contribution in [3.63, 3.8) is 0 Å². The standard InChI is InChI=1S/C59H43N5/c1-36-26-31-51-46(32-36)43-22-13-15-25-50(43)64(51)53-35-54-55(44-23-11-10-21-42(44)53)47-33-49-45(41-20-12-14-24-48(41)59(49,2)3)34-52(47)63(54)40-29-27-39(28-30-40)58-61-56(37-16-6-4-7-17-37)60-57(62-58)38-18-8-5-9-19-38/h4-31,33-36H,32H2,1-3H3. The Hall–Kier alpha value is -7.89. The number of benzene rings is 8. The van der Waals surface area contributed by atoms with Gasteiger partial charge in [-0.1, -0.05) is 154 Å². The molecule has 304 valence electrons. The Labute approximate surface area is 371 Å². The van der Waals surface area contributed by atoms with Crippen LogP contribution >= 0.6 is 0 Å². The summed E-state index contributed by atoms with van der Waals surface area (Å²) >= 11 is 0. The normalized spacial score (nSPS) is 15.0. The van der Waals surface area contributed by atoms with Crippen molar-refractivity contribution in [1.82, 2.24) is 24.1 Å². The van der Waals surface area contributed by atoms with E-state index < -0.39 is 0 Å². The molecule has 0 N–H and O–H groups in total. The summed E-state index contributed by atoms with van der Waals surface area (Å²) in [5.41, 5.74) is 16.6. The van der Waals surface area contributed by atoms with Crippen LogP contribution in [-0.4, -0.2) is 24.1 Å². The molecule has 8 aromatic carbocycles. The van der Waals surface area contributed by atoms with E-state index in [-0.39, 0.29) is 5.41 Å². The molecule has 5 heteroatoms. The van der Waals surface area contributed by atoms with E-state index in [2.05, 4.69) is 182 Å². The van der Waals surface area contributed by atoms with Gasteiger partial charge in [-0.3, -0.25) is 0 Å². The molecule has 1 atom stereocenters. The van der Waals surface area contributed by atoms with Crippen molar-refractivity contribution in [1.29, 1.82) is 0 Å². The Bertz CT molecular complexity index is 3660. The number of rotatable bonds is 5. The fraction of sp³-hybridized carbons (Fsp3) is 0.102. The predicted octanol–water partition coefficient (Wildman–Crippen LogP) is 14.6. The average molecular weight is 822 g/mol.